The number of para-hydroxylation sites is 1. The Morgan fingerprint density at radius 2 is 1.15 bits per heavy atom. The first-order valence-corrected chi connectivity index (χ1v) is 13.4. The second-order valence-electron chi connectivity index (χ2n) is 9.55. The summed E-state index contributed by atoms with van der Waals surface area (Å²) in [5, 5.41) is 4.08. The fraction of sp³-hybridized carbons (Fsp3) is 0. The predicted octanol–water partition coefficient (Wildman–Crippen LogP) is 9.98. The molecule has 0 radical (unpaired) electrons. The lowest BCUT2D eigenvalue weighted by atomic mass is 9.94. The molecule has 7 heteroatoms. The van der Waals surface area contributed by atoms with Crippen molar-refractivity contribution >= 4 is 67.1 Å². The Morgan fingerprint density at radius 3 is 2.00 bits per heavy atom. The maximum absolute atomic E-state index is 6.35. The van der Waals surface area contributed by atoms with Crippen molar-refractivity contribution in [1.82, 2.24) is 15.0 Å². The molecule has 8 aromatic rings. The summed E-state index contributed by atoms with van der Waals surface area (Å²) >= 11 is 12.2. The van der Waals surface area contributed by atoms with Crippen molar-refractivity contribution in [3.05, 3.63) is 114 Å². The molecule has 0 fully saturated rings. The van der Waals surface area contributed by atoms with E-state index < -0.39 is 0 Å². The van der Waals surface area contributed by atoms with Gasteiger partial charge in [-0.05, 0) is 81.9 Å². The van der Waals surface area contributed by atoms with Gasteiger partial charge in [-0.2, -0.15) is 15.0 Å². The van der Waals surface area contributed by atoms with E-state index in [1.807, 2.05) is 48.5 Å². The van der Waals surface area contributed by atoms with Gasteiger partial charge < -0.3 is 8.83 Å². The molecule has 0 saturated carbocycles. The maximum atomic E-state index is 6.35. The molecule has 0 atom stereocenters. The summed E-state index contributed by atoms with van der Waals surface area (Å²) in [5.74, 6) is 0.388. The number of halogens is 2. The van der Waals surface area contributed by atoms with E-state index in [-0.39, 0.29) is 10.6 Å². The monoisotopic (exact) mass is 557 g/mol. The van der Waals surface area contributed by atoms with Crippen molar-refractivity contribution in [2.75, 3.05) is 0 Å². The van der Waals surface area contributed by atoms with E-state index in [0.29, 0.717) is 5.82 Å². The van der Waals surface area contributed by atoms with Gasteiger partial charge >= 0.3 is 0 Å². The Morgan fingerprint density at radius 1 is 0.450 bits per heavy atom. The van der Waals surface area contributed by atoms with Gasteiger partial charge in [-0.25, -0.2) is 0 Å². The molecule has 0 aliphatic rings. The highest BCUT2D eigenvalue weighted by molar-refractivity contribution is 6.31. The molecule has 40 heavy (non-hydrogen) atoms. The average molecular weight is 558 g/mol. The van der Waals surface area contributed by atoms with Gasteiger partial charge in [0.2, 0.25) is 10.6 Å². The number of hydrogen-bond acceptors (Lipinski definition) is 5. The zero-order chi connectivity index (χ0) is 26.8. The van der Waals surface area contributed by atoms with Crippen LogP contribution in [0.1, 0.15) is 0 Å². The van der Waals surface area contributed by atoms with Crippen LogP contribution in [0.2, 0.25) is 10.6 Å². The fourth-order valence-electron chi connectivity index (χ4n) is 5.51. The van der Waals surface area contributed by atoms with Crippen LogP contribution in [0.15, 0.2) is 112 Å². The van der Waals surface area contributed by atoms with Gasteiger partial charge in [-0.15, -0.1) is 0 Å². The van der Waals surface area contributed by atoms with E-state index in [9.17, 15) is 0 Å². The molecule has 5 aromatic carbocycles. The number of fused-ring (bicyclic) bond motifs is 6. The van der Waals surface area contributed by atoms with Crippen LogP contribution in [0, 0.1) is 0 Å². The molecule has 190 valence electrons. The number of benzene rings is 5. The van der Waals surface area contributed by atoms with E-state index in [2.05, 4.69) is 69.5 Å². The maximum Gasteiger partial charge on any atom is 0.227 e. The van der Waals surface area contributed by atoms with E-state index in [1.165, 1.54) is 0 Å². The minimum absolute atomic E-state index is 0.0353. The highest BCUT2D eigenvalue weighted by Gasteiger charge is 2.18. The van der Waals surface area contributed by atoms with Crippen molar-refractivity contribution < 1.29 is 8.83 Å². The Kier molecular flexibility index (Phi) is 5.17. The van der Waals surface area contributed by atoms with Crippen molar-refractivity contribution in [1.29, 1.82) is 0 Å². The highest BCUT2D eigenvalue weighted by Crippen LogP contribution is 2.42. The molecule has 0 saturated heterocycles. The van der Waals surface area contributed by atoms with E-state index in [0.717, 1.165) is 71.7 Å². The van der Waals surface area contributed by atoms with Crippen molar-refractivity contribution in [2.45, 2.75) is 0 Å². The van der Waals surface area contributed by atoms with Gasteiger partial charge in [0, 0.05) is 27.1 Å². The molecule has 0 aliphatic heterocycles. The summed E-state index contributed by atoms with van der Waals surface area (Å²) in [6, 6.07) is 34.8. The number of hydrogen-bond donors (Lipinski definition) is 0. The van der Waals surface area contributed by atoms with Crippen molar-refractivity contribution in [3.8, 4) is 33.6 Å². The van der Waals surface area contributed by atoms with Crippen LogP contribution in [0.25, 0.3) is 77.5 Å². The molecule has 3 heterocycles. The van der Waals surface area contributed by atoms with Crippen molar-refractivity contribution in [2.24, 2.45) is 0 Å². The summed E-state index contributed by atoms with van der Waals surface area (Å²) in [4.78, 5) is 12.5. The minimum Gasteiger partial charge on any atom is -0.456 e. The molecule has 8 rings (SSSR count). The zero-order valence-electron chi connectivity index (χ0n) is 20.7. The first-order valence-electron chi connectivity index (χ1n) is 12.7. The van der Waals surface area contributed by atoms with E-state index >= 15 is 0 Å². The van der Waals surface area contributed by atoms with Crippen LogP contribution >= 0.6 is 23.2 Å². The first-order chi connectivity index (χ1) is 19.6. The van der Waals surface area contributed by atoms with Gasteiger partial charge in [-0.3, -0.25) is 0 Å². The quantitative estimate of drug-likeness (QED) is 0.216. The second kappa shape index (κ2) is 8.91. The molecule has 0 N–H and O–H groups in total. The Hall–Kier alpha value is -4.71. The van der Waals surface area contributed by atoms with Gasteiger partial charge in [0.05, 0.1) is 0 Å². The molecule has 0 bridgehead atoms. The second-order valence-corrected chi connectivity index (χ2v) is 10.2. The van der Waals surface area contributed by atoms with Crippen LogP contribution in [-0.4, -0.2) is 15.0 Å². The Balaban J connectivity index is 1.39. The lowest BCUT2D eigenvalue weighted by molar-refractivity contribution is 0.669. The minimum atomic E-state index is 0.0353. The predicted molar refractivity (Wildman–Crippen MR) is 161 cm³/mol. The van der Waals surface area contributed by atoms with Crippen LogP contribution in [0.5, 0.6) is 0 Å². The van der Waals surface area contributed by atoms with Crippen LogP contribution in [0.3, 0.4) is 0 Å². The topological polar surface area (TPSA) is 65.0 Å². The van der Waals surface area contributed by atoms with E-state index in [1.54, 1.807) is 0 Å². The standard InChI is InChI=1S/C33H17Cl2N3O2/c34-32-36-31(37-33(35)38-32)22-10-6-12-27-30(22)24-15-19(13-14-26(24)39-27)20-16-23(18-7-2-1-3-8-18)29-21-9-4-5-11-25(21)40-28(29)17-20/h1-17H. The Bertz CT molecular complexity index is 2230. The molecule has 3 aromatic heterocycles. The summed E-state index contributed by atoms with van der Waals surface area (Å²) in [7, 11) is 0. The average Bonchev–Trinajstić information content (AvgIpc) is 3.54. The lowest BCUT2D eigenvalue weighted by Gasteiger charge is -2.09. The molecule has 0 aliphatic carbocycles. The third-order valence-electron chi connectivity index (χ3n) is 7.21. The number of rotatable bonds is 3. The van der Waals surface area contributed by atoms with Gasteiger partial charge in [0.1, 0.15) is 22.3 Å². The molecule has 0 spiro atoms. The molecule has 0 unspecified atom stereocenters. The smallest absolute Gasteiger partial charge is 0.227 e. The highest BCUT2D eigenvalue weighted by atomic mass is 35.5. The van der Waals surface area contributed by atoms with Crippen LogP contribution in [0.4, 0.5) is 0 Å². The first kappa shape index (κ1) is 23.2. The Labute approximate surface area is 237 Å². The third-order valence-corrected chi connectivity index (χ3v) is 7.55. The van der Waals surface area contributed by atoms with E-state index in [4.69, 9.17) is 32.0 Å². The molecular weight excluding hydrogens is 541 g/mol. The lowest BCUT2D eigenvalue weighted by Crippen LogP contribution is -1.94. The number of furan rings is 2. The normalized spacial score (nSPS) is 11.8. The summed E-state index contributed by atoms with van der Waals surface area (Å²) in [5.41, 5.74) is 8.23. The van der Waals surface area contributed by atoms with Gasteiger partial charge in [0.25, 0.3) is 0 Å². The van der Waals surface area contributed by atoms with Crippen LogP contribution < -0.4 is 0 Å². The molecular formula is C33H17Cl2N3O2. The molecule has 0 amide bonds. The number of aromatic nitrogens is 3. The van der Waals surface area contributed by atoms with Crippen molar-refractivity contribution in [3.63, 3.8) is 0 Å². The van der Waals surface area contributed by atoms with Gasteiger partial charge in [-0.1, -0.05) is 66.7 Å². The van der Waals surface area contributed by atoms with Gasteiger partial charge in [0.15, 0.2) is 5.82 Å². The van der Waals surface area contributed by atoms with Crippen LogP contribution in [-0.2, 0) is 0 Å². The SMILES string of the molecule is Clc1nc(Cl)nc(-c2cccc3oc4ccc(-c5cc(-c6ccccc6)c6c(c5)oc5ccccc56)cc4c23)n1. The summed E-state index contributed by atoms with van der Waals surface area (Å²) in [6.45, 7) is 0. The zero-order valence-corrected chi connectivity index (χ0v) is 22.2. The third kappa shape index (κ3) is 3.67. The summed E-state index contributed by atoms with van der Waals surface area (Å²) in [6.07, 6.45) is 0. The molecule has 5 nitrogen and oxygen atoms in total. The fourth-order valence-corrected chi connectivity index (χ4v) is 5.87. The number of nitrogens with zero attached hydrogens (tertiary/aromatic N) is 3. The summed E-state index contributed by atoms with van der Waals surface area (Å²) < 4.78 is 12.6. The largest absolute Gasteiger partial charge is 0.456 e.